The van der Waals surface area contributed by atoms with Gasteiger partial charge in [-0.3, -0.25) is 4.57 Å². The lowest BCUT2D eigenvalue weighted by Gasteiger charge is -2.11. The van der Waals surface area contributed by atoms with Crippen LogP contribution < -0.4 is 14.7 Å². The van der Waals surface area contributed by atoms with Crippen LogP contribution in [0.1, 0.15) is 20.3 Å². The van der Waals surface area contributed by atoms with Crippen molar-refractivity contribution in [2.45, 2.75) is 20.3 Å². The van der Waals surface area contributed by atoms with Crippen LogP contribution in [-0.2, 0) is 4.57 Å². The number of halogens is 2. The van der Waals surface area contributed by atoms with Gasteiger partial charge in [0.2, 0.25) is 0 Å². The van der Waals surface area contributed by atoms with E-state index in [0.29, 0.717) is 28.0 Å². The van der Waals surface area contributed by atoms with Gasteiger partial charge < -0.3 is 19.6 Å². The van der Waals surface area contributed by atoms with Gasteiger partial charge >= 0.3 is 0 Å². The maximum absolute atomic E-state index is 14.9. The molecule has 0 fully saturated rings. The fourth-order valence-electron chi connectivity index (χ4n) is 2.70. The summed E-state index contributed by atoms with van der Waals surface area (Å²) in [6, 6.07) is 6.27. The highest BCUT2D eigenvalue weighted by Crippen LogP contribution is 2.42. The number of nitrogens with one attached hydrogen (secondary N) is 1. The Morgan fingerprint density at radius 3 is 2.17 bits per heavy atom. The highest BCUT2D eigenvalue weighted by Gasteiger charge is 2.20. The Balaban J connectivity index is 1.90. The van der Waals surface area contributed by atoms with Crippen molar-refractivity contribution < 1.29 is 32.9 Å². The van der Waals surface area contributed by atoms with Crippen LogP contribution >= 0.6 is 18.9 Å². The van der Waals surface area contributed by atoms with Crippen LogP contribution in [0.15, 0.2) is 24.3 Å². The molecular formula is C19H22F2NO5PS. The number of fused-ring (bicyclic) bond motifs is 3. The normalized spacial score (nSPS) is 14.8. The third kappa shape index (κ3) is 4.70. The molecule has 1 heterocycles. The highest BCUT2D eigenvalue weighted by molar-refractivity contribution is 7.55. The number of thiophene rings is 1. The molecule has 3 rings (SSSR count). The lowest BCUT2D eigenvalue weighted by Crippen LogP contribution is -2.12. The topological polar surface area (TPSA) is 88.0 Å². The number of hydrogen-bond donors (Lipinski definition) is 3. The monoisotopic (exact) mass is 445 g/mol. The molecule has 3 aromatic rings. The Morgan fingerprint density at radius 2 is 1.66 bits per heavy atom. The summed E-state index contributed by atoms with van der Waals surface area (Å²) in [5.74, 6) is -0.883. The summed E-state index contributed by atoms with van der Waals surface area (Å²) in [4.78, 5) is 9.26. The van der Waals surface area contributed by atoms with Crippen molar-refractivity contribution in [3.8, 4) is 11.5 Å². The van der Waals surface area contributed by atoms with E-state index in [9.17, 15) is 18.2 Å². The summed E-state index contributed by atoms with van der Waals surface area (Å²) in [5.41, 5.74) is 0. The van der Waals surface area contributed by atoms with E-state index in [-0.39, 0.29) is 22.8 Å². The summed E-state index contributed by atoms with van der Waals surface area (Å²) in [7, 11) is -3.93. The molecule has 0 spiro atoms. The first-order valence-corrected chi connectivity index (χ1v) is 11.8. The maximum atomic E-state index is 14.9. The van der Waals surface area contributed by atoms with E-state index in [2.05, 4.69) is 0 Å². The predicted molar refractivity (Wildman–Crippen MR) is 109 cm³/mol. The fraction of sp³-hybridized carbons (Fsp3) is 0.368. The van der Waals surface area contributed by atoms with Gasteiger partial charge in [0.15, 0.2) is 23.1 Å². The smallest absolute Gasteiger partial charge is 0.292 e. The summed E-state index contributed by atoms with van der Waals surface area (Å²) in [6.45, 7) is 4.16. The van der Waals surface area contributed by atoms with E-state index in [0.717, 1.165) is 17.8 Å². The summed E-state index contributed by atoms with van der Waals surface area (Å²) in [6.07, 6.45) is 0.514. The zero-order chi connectivity index (χ0) is 21.2. The van der Waals surface area contributed by atoms with E-state index in [4.69, 9.17) is 14.7 Å². The van der Waals surface area contributed by atoms with Crippen LogP contribution in [0.25, 0.3) is 20.2 Å². The molecule has 6 nitrogen and oxygen atoms in total. The summed E-state index contributed by atoms with van der Waals surface area (Å²) >= 11 is 0.960. The minimum absolute atomic E-state index is 0.115. The number of benzene rings is 2. The van der Waals surface area contributed by atoms with Crippen molar-refractivity contribution in [2.24, 2.45) is 5.92 Å². The van der Waals surface area contributed by atoms with E-state index >= 15 is 0 Å². The van der Waals surface area contributed by atoms with Gasteiger partial charge in [-0.2, -0.15) is 0 Å². The van der Waals surface area contributed by atoms with Crippen LogP contribution in [0, 0.1) is 17.6 Å². The second-order valence-electron chi connectivity index (χ2n) is 6.81. The van der Waals surface area contributed by atoms with Crippen molar-refractivity contribution in [1.29, 1.82) is 0 Å². The SMILES string of the molecule is CC[C@@H](C)COc1ccc2c(sc3c(F)c(OCCP(=O)(O)NO)ccc32)c1F. The van der Waals surface area contributed by atoms with Gasteiger partial charge in [-0.05, 0) is 30.2 Å². The number of rotatable bonds is 9. The number of hydrogen-bond acceptors (Lipinski definition) is 5. The van der Waals surface area contributed by atoms with Gasteiger partial charge in [0.1, 0.15) is 0 Å². The van der Waals surface area contributed by atoms with Crippen molar-refractivity contribution in [3.63, 3.8) is 0 Å². The third-order valence-electron chi connectivity index (χ3n) is 4.65. The lowest BCUT2D eigenvalue weighted by molar-refractivity contribution is 0.219. The Bertz CT molecular complexity index is 1070. The van der Waals surface area contributed by atoms with Gasteiger partial charge in [-0.25, -0.2) is 8.78 Å². The molecule has 0 aliphatic heterocycles. The van der Waals surface area contributed by atoms with E-state index in [1.54, 1.807) is 18.2 Å². The van der Waals surface area contributed by atoms with Crippen LogP contribution in [0.3, 0.4) is 0 Å². The molecule has 2 aromatic carbocycles. The van der Waals surface area contributed by atoms with Crippen molar-refractivity contribution in [3.05, 3.63) is 35.9 Å². The van der Waals surface area contributed by atoms with Gasteiger partial charge in [0.25, 0.3) is 7.52 Å². The largest absolute Gasteiger partial charge is 0.490 e. The van der Waals surface area contributed by atoms with Gasteiger partial charge in [0, 0.05) is 10.8 Å². The molecule has 158 valence electrons. The Morgan fingerprint density at radius 1 is 1.10 bits per heavy atom. The minimum atomic E-state index is -3.93. The molecule has 3 N–H and O–H groups in total. The molecule has 0 saturated carbocycles. The molecule has 0 radical (unpaired) electrons. The standard InChI is InChI=1S/C19H22F2NO5PS/c1-3-11(2)10-27-15-7-5-13-12-4-6-14(26-8-9-28(24,25)22-23)16(20)18(12)29-19(13)17(15)21/h4-7,11,23H,3,8-10H2,1-2H3,(H2,22,24,25)/t11-/m1/s1. The fourth-order valence-corrected chi connectivity index (χ4v) is 4.30. The molecule has 0 bridgehead atoms. The zero-order valence-corrected chi connectivity index (χ0v) is 17.7. The Kier molecular flexibility index (Phi) is 6.76. The molecule has 0 aliphatic rings. The summed E-state index contributed by atoms with van der Waals surface area (Å²) in [5, 5.41) is 11.0. The highest BCUT2D eigenvalue weighted by atomic mass is 32.1. The Labute approximate surface area is 170 Å². The molecule has 0 aliphatic carbocycles. The minimum Gasteiger partial charge on any atom is -0.490 e. The van der Waals surface area contributed by atoms with Gasteiger partial charge in [-0.15, -0.1) is 16.6 Å². The maximum Gasteiger partial charge on any atom is 0.292 e. The average molecular weight is 445 g/mol. The van der Waals surface area contributed by atoms with Gasteiger partial charge in [0.05, 0.1) is 28.8 Å². The van der Waals surface area contributed by atoms with E-state index in [1.165, 1.54) is 11.3 Å². The van der Waals surface area contributed by atoms with Gasteiger partial charge in [-0.1, -0.05) is 20.3 Å². The average Bonchev–Trinajstić information content (AvgIpc) is 3.09. The molecule has 1 unspecified atom stereocenters. The molecular weight excluding hydrogens is 423 g/mol. The predicted octanol–water partition coefficient (Wildman–Crippen LogP) is 5.30. The van der Waals surface area contributed by atoms with Crippen molar-refractivity contribution in [2.75, 3.05) is 19.4 Å². The van der Waals surface area contributed by atoms with Crippen LogP contribution in [-0.4, -0.2) is 29.5 Å². The van der Waals surface area contributed by atoms with Crippen molar-refractivity contribution in [1.82, 2.24) is 5.25 Å². The quantitative estimate of drug-likeness (QED) is 0.306. The number of ether oxygens (including phenoxy) is 2. The molecule has 2 atom stereocenters. The molecule has 1 aromatic heterocycles. The first kappa shape index (κ1) is 21.9. The molecule has 10 heteroatoms. The van der Waals surface area contributed by atoms with Crippen LogP contribution in [0.4, 0.5) is 8.78 Å². The van der Waals surface area contributed by atoms with E-state index in [1.807, 2.05) is 13.8 Å². The summed E-state index contributed by atoms with van der Waals surface area (Å²) < 4.78 is 52.5. The molecule has 0 amide bonds. The van der Waals surface area contributed by atoms with Crippen molar-refractivity contribution >= 4 is 39.0 Å². The zero-order valence-electron chi connectivity index (χ0n) is 15.9. The van der Waals surface area contributed by atoms with Crippen LogP contribution in [0.5, 0.6) is 11.5 Å². The second kappa shape index (κ2) is 8.93. The second-order valence-corrected chi connectivity index (χ2v) is 9.88. The molecule has 0 saturated heterocycles. The lowest BCUT2D eigenvalue weighted by atomic mass is 10.1. The Hall–Kier alpha value is -1.77. The first-order chi connectivity index (χ1) is 13.8. The first-order valence-electron chi connectivity index (χ1n) is 9.09. The van der Waals surface area contributed by atoms with Crippen LogP contribution in [0.2, 0.25) is 0 Å². The van der Waals surface area contributed by atoms with E-state index < -0.39 is 25.3 Å². The third-order valence-corrected chi connectivity index (χ3v) is 6.95. The molecule has 29 heavy (non-hydrogen) atoms.